The number of fused-ring (bicyclic) bond motifs is 1. The summed E-state index contributed by atoms with van der Waals surface area (Å²) in [6.45, 7) is 0. The van der Waals surface area contributed by atoms with Gasteiger partial charge in [0.1, 0.15) is 11.6 Å². The van der Waals surface area contributed by atoms with Gasteiger partial charge in [-0.3, -0.25) is 4.79 Å². The smallest absolute Gasteiger partial charge is 0.255 e. The van der Waals surface area contributed by atoms with E-state index in [0.29, 0.717) is 5.56 Å². The molecule has 0 saturated carbocycles. The molecule has 0 bridgehead atoms. The number of carbonyl (C=O) groups excluding carboxylic acids is 1. The fraction of sp³-hybridized carbons (Fsp3) is 0.188. The molecule has 0 saturated heterocycles. The molecule has 1 aliphatic rings. The Morgan fingerprint density at radius 2 is 1.90 bits per heavy atom. The summed E-state index contributed by atoms with van der Waals surface area (Å²) in [6, 6.07) is 9.24. The number of amides is 1. The lowest BCUT2D eigenvalue weighted by Crippen LogP contribution is -2.13. The van der Waals surface area contributed by atoms with Crippen LogP contribution in [0, 0.1) is 5.82 Å². The lowest BCUT2D eigenvalue weighted by molar-refractivity contribution is 0.102. The molecule has 0 aliphatic heterocycles. The number of hydrogen-bond donors (Lipinski definition) is 2. The van der Waals surface area contributed by atoms with Crippen molar-refractivity contribution in [3.8, 4) is 5.75 Å². The first-order valence-corrected chi connectivity index (χ1v) is 6.55. The van der Waals surface area contributed by atoms with Gasteiger partial charge in [0.05, 0.1) is 5.69 Å². The van der Waals surface area contributed by atoms with Crippen LogP contribution in [0.15, 0.2) is 36.4 Å². The van der Waals surface area contributed by atoms with E-state index in [1.165, 1.54) is 23.3 Å². The number of phenols is 1. The summed E-state index contributed by atoms with van der Waals surface area (Å²) in [4.78, 5) is 12.1. The van der Waals surface area contributed by atoms with Crippen molar-refractivity contribution in [2.45, 2.75) is 19.3 Å². The third-order valence-corrected chi connectivity index (χ3v) is 3.56. The predicted molar refractivity (Wildman–Crippen MR) is 74.5 cm³/mol. The number of aromatic hydroxyl groups is 1. The van der Waals surface area contributed by atoms with Gasteiger partial charge >= 0.3 is 0 Å². The highest BCUT2D eigenvalue weighted by Gasteiger charge is 2.15. The molecule has 0 fully saturated rings. The number of nitrogens with one attached hydrogen (secondary N) is 1. The Morgan fingerprint density at radius 1 is 1.10 bits per heavy atom. The van der Waals surface area contributed by atoms with Gasteiger partial charge < -0.3 is 10.4 Å². The molecule has 20 heavy (non-hydrogen) atoms. The van der Waals surface area contributed by atoms with Crippen LogP contribution in [0.2, 0.25) is 0 Å². The van der Waals surface area contributed by atoms with Crippen LogP contribution in [0.5, 0.6) is 5.75 Å². The van der Waals surface area contributed by atoms with Crippen LogP contribution in [-0.4, -0.2) is 11.0 Å². The minimum Gasteiger partial charge on any atom is -0.508 e. The fourth-order valence-electron chi connectivity index (χ4n) is 2.51. The molecule has 2 aromatic carbocycles. The molecule has 2 aromatic rings. The van der Waals surface area contributed by atoms with Gasteiger partial charge in [-0.15, -0.1) is 0 Å². The lowest BCUT2D eigenvalue weighted by Gasteiger charge is -2.08. The zero-order valence-corrected chi connectivity index (χ0v) is 10.8. The molecular formula is C16H14FNO2. The summed E-state index contributed by atoms with van der Waals surface area (Å²) in [7, 11) is 0. The Bertz CT molecular complexity index is 682. The van der Waals surface area contributed by atoms with Crippen LogP contribution in [0.3, 0.4) is 0 Å². The summed E-state index contributed by atoms with van der Waals surface area (Å²) in [5, 5.41) is 11.7. The highest BCUT2D eigenvalue weighted by Crippen LogP contribution is 2.24. The third-order valence-electron chi connectivity index (χ3n) is 3.56. The van der Waals surface area contributed by atoms with Crippen LogP contribution >= 0.6 is 0 Å². The summed E-state index contributed by atoms with van der Waals surface area (Å²) >= 11 is 0. The topological polar surface area (TPSA) is 49.3 Å². The molecule has 0 unspecified atom stereocenters. The van der Waals surface area contributed by atoms with E-state index >= 15 is 0 Å². The van der Waals surface area contributed by atoms with Crippen molar-refractivity contribution < 1.29 is 14.3 Å². The van der Waals surface area contributed by atoms with E-state index in [1.54, 1.807) is 6.07 Å². The quantitative estimate of drug-likeness (QED) is 0.823. The SMILES string of the molecule is O=C(Nc1ccc(O)cc1F)c1ccc2c(c1)CCC2. The maximum Gasteiger partial charge on any atom is 0.255 e. The Balaban J connectivity index is 1.82. The number of carbonyl (C=O) groups is 1. The zero-order chi connectivity index (χ0) is 14.1. The van der Waals surface area contributed by atoms with Crippen LogP contribution in [0.25, 0.3) is 0 Å². The molecule has 102 valence electrons. The van der Waals surface area contributed by atoms with E-state index in [9.17, 15) is 9.18 Å². The molecule has 1 aliphatic carbocycles. The molecule has 4 heteroatoms. The van der Waals surface area contributed by atoms with E-state index in [1.807, 2.05) is 12.1 Å². The third kappa shape index (κ3) is 2.37. The standard InChI is InChI=1S/C16H14FNO2/c17-14-9-13(19)6-7-15(14)18-16(20)12-5-4-10-2-1-3-11(10)8-12/h4-9,19H,1-3H2,(H,18,20). The fourth-order valence-corrected chi connectivity index (χ4v) is 2.51. The van der Waals surface area contributed by atoms with Crippen LogP contribution in [0.1, 0.15) is 27.9 Å². The van der Waals surface area contributed by atoms with Crippen molar-refractivity contribution in [3.05, 3.63) is 58.9 Å². The van der Waals surface area contributed by atoms with Gasteiger partial charge in [-0.1, -0.05) is 6.07 Å². The molecule has 3 rings (SSSR count). The van der Waals surface area contributed by atoms with Crippen LogP contribution in [-0.2, 0) is 12.8 Å². The van der Waals surface area contributed by atoms with Crippen molar-refractivity contribution in [1.82, 2.24) is 0 Å². The predicted octanol–water partition coefficient (Wildman–Crippen LogP) is 3.27. The second-order valence-electron chi connectivity index (χ2n) is 4.96. The van der Waals surface area contributed by atoms with Gasteiger partial charge in [-0.05, 0) is 54.7 Å². The number of rotatable bonds is 2. The van der Waals surface area contributed by atoms with Crippen molar-refractivity contribution in [2.75, 3.05) is 5.32 Å². The summed E-state index contributed by atoms with van der Waals surface area (Å²) < 4.78 is 13.6. The highest BCUT2D eigenvalue weighted by atomic mass is 19.1. The average Bonchev–Trinajstić information content (AvgIpc) is 2.89. The van der Waals surface area contributed by atoms with Gasteiger partial charge in [0.15, 0.2) is 0 Å². The van der Waals surface area contributed by atoms with Crippen molar-refractivity contribution in [3.63, 3.8) is 0 Å². The normalized spacial score (nSPS) is 13.1. The first-order valence-electron chi connectivity index (χ1n) is 6.55. The first kappa shape index (κ1) is 12.7. The maximum absolute atomic E-state index is 13.6. The average molecular weight is 271 g/mol. The lowest BCUT2D eigenvalue weighted by atomic mass is 10.1. The molecule has 0 heterocycles. The van der Waals surface area contributed by atoms with E-state index in [2.05, 4.69) is 5.32 Å². The second kappa shape index (κ2) is 4.96. The van der Waals surface area contributed by atoms with Gasteiger partial charge in [0, 0.05) is 11.6 Å². The molecule has 0 aromatic heterocycles. The number of phenolic OH excluding ortho intramolecular Hbond substituents is 1. The second-order valence-corrected chi connectivity index (χ2v) is 4.96. The Morgan fingerprint density at radius 3 is 2.70 bits per heavy atom. The highest BCUT2D eigenvalue weighted by molar-refractivity contribution is 6.04. The molecule has 1 amide bonds. The van der Waals surface area contributed by atoms with E-state index in [4.69, 9.17) is 5.11 Å². The van der Waals surface area contributed by atoms with Gasteiger partial charge in [0.2, 0.25) is 0 Å². The number of hydrogen-bond acceptors (Lipinski definition) is 2. The molecular weight excluding hydrogens is 257 g/mol. The Labute approximate surface area is 116 Å². The summed E-state index contributed by atoms with van der Waals surface area (Å²) in [5.74, 6) is -1.16. The van der Waals surface area contributed by atoms with E-state index in [-0.39, 0.29) is 17.3 Å². The number of halogens is 1. The van der Waals surface area contributed by atoms with E-state index in [0.717, 1.165) is 25.3 Å². The largest absolute Gasteiger partial charge is 0.508 e. The monoisotopic (exact) mass is 271 g/mol. The molecule has 2 N–H and O–H groups in total. The van der Waals surface area contributed by atoms with E-state index < -0.39 is 5.82 Å². The molecule has 0 atom stereocenters. The molecule has 0 radical (unpaired) electrons. The number of benzene rings is 2. The van der Waals surface area contributed by atoms with Crippen LogP contribution in [0.4, 0.5) is 10.1 Å². The van der Waals surface area contributed by atoms with Crippen molar-refractivity contribution >= 4 is 11.6 Å². The molecule has 3 nitrogen and oxygen atoms in total. The maximum atomic E-state index is 13.6. The van der Waals surface area contributed by atoms with Gasteiger partial charge in [-0.2, -0.15) is 0 Å². The Hall–Kier alpha value is -2.36. The molecule has 0 spiro atoms. The minimum atomic E-state index is -0.653. The van der Waals surface area contributed by atoms with Crippen molar-refractivity contribution in [2.24, 2.45) is 0 Å². The summed E-state index contributed by atoms with van der Waals surface area (Å²) in [5.41, 5.74) is 3.08. The van der Waals surface area contributed by atoms with Gasteiger partial charge in [-0.25, -0.2) is 4.39 Å². The number of aryl methyl sites for hydroxylation is 2. The van der Waals surface area contributed by atoms with Crippen molar-refractivity contribution in [1.29, 1.82) is 0 Å². The van der Waals surface area contributed by atoms with Gasteiger partial charge in [0.25, 0.3) is 5.91 Å². The first-order chi connectivity index (χ1) is 9.63. The Kier molecular flexibility index (Phi) is 3.14. The van der Waals surface area contributed by atoms with Crippen LogP contribution < -0.4 is 5.32 Å². The number of anilines is 1. The summed E-state index contributed by atoms with van der Waals surface area (Å²) in [6.07, 6.45) is 3.17. The minimum absolute atomic E-state index is 0.0632. The zero-order valence-electron chi connectivity index (χ0n) is 10.8.